The molecule has 0 bridgehead atoms. The molecule has 11 heteroatoms. The molecular formula is C23H20F3N3O4S. The summed E-state index contributed by atoms with van der Waals surface area (Å²) < 4.78 is 72.1. The van der Waals surface area contributed by atoms with E-state index in [0.717, 1.165) is 18.2 Å². The number of hydrogen-bond acceptors (Lipinski definition) is 5. The maximum absolute atomic E-state index is 13.1. The van der Waals surface area contributed by atoms with Gasteiger partial charge in [-0.15, -0.1) is 0 Å². The van der Waals surface area contributed by atoms with Crippen molar-refractivity contribution in [1.82, 2.24) is 4.72 Å². The normalized spacial score (nSPS) is 16.8. The van der Waals surface area contributed by atoms with Gasteiger partial charge >= 0.3 is 6.18 Å². The third-order valence-corrected chi connectivity index (χ3v) is 6.58. The highest BCUT2D eigenvalue weighted by Gasteiger charge is 2.35. The third kappa shape index (κ3) is 5.00. The topological polar surface area (TPSA) is 96.5 Å². The molecule has 4 rings (SSSR count). The van der Waals surface area contributed by atoms with Gasteiger partial charge < -0.3 is 15.4 Å². The number of benzene rings is 3. The molecule has 1 heterocycles. The second-order valence-electron chi connectivity index (χ2n) is 7.44. The molecule has 0 spiro atoms. The minimum Gasteiger partial charge on any atom is -0.494 e. The van der Waals surface area contributed by atoms with E-state index in [4.69, 9.17) is 4.74 Å². The minimum atomic E-state index is -4.61. The number of alkyl halides is 3. The van der Waals surface area contributed by atoms with Crippen LogP contribution in [0.5, 0.6) is 5.75 Å². The summed E-state index contributed by atoms with van der Waals surface area (Å²) in [5.41, 5.74) is 0.184. The number of amides is 1. The second-order valence-corrected chi connectivity index (χ2v) is 9.12. The van der Waals surface area contributed by atoms with E-state index in [0.29, 0.717) is 29.2 Å². The molecule has 0 aromatic heterocycles. The average Bonchev–Trinajstić information content (AvgIpc) is 2.79. The van der Waals surface area contributed by atoms with Crippen LogP contribution in [0.3, 0.4) is 0 Å². The zero-order chi connectivity index (χ0) is 24.5. The molecule has 34 heavy (non-hydrogen) atoms. The fourth-order valence-corrected chi connectivity index (χ4v) is 4.73. The van der Waals surface area contributed by atoms with E-state index in [-0.39, 0.29) is 16.5 Å². The van der Waals surface area contributed by atoms with Crippen LogP contribution in [0, 0.1) is 0 Å². The first-order chi connectivity index (χ1) is 16.1. The summed E-state index contributed by atoms with van der Waals surface area (Å²) in [6, 6.07) is 15.3. The molecule has 3 aromatic carbocycles. The SMILES string of the molecule is CCOc1ccc(NC(=O)c2ccc([C@@H]3Nc4cc(C(F)(F)F)ccc4S(=O)(=O)N3)cc2)cc1. The van der Waals surface area contributed by atoms with Crippen LogP contribution in [0.15, 0.2) is 71.6 Å². The first-order valence-corrected chi connectivity index (χ1v) is 11.7. The van der Waals surface area contributed by atoms with E-state index in [1.54, 1.807) is 24.3 Å². The van der Waals surface area contributed by atoms with E-state index in [9.17, 15) is 26.4 Å². The summed E-state index contributed by atoms with van der Waals surface area (Å²) in [5, 5.41) is 5.53. The van der Waals surface area contributed by atoms with Gasteiger partial charge in [0.05, 0.1) is 17.9 Å². The number of rotatable bonds is 5. The van der Waals surface area contributed by atoms with Gasteiger partial charge in [-0.3, -0.25) is 4.79 Å². The van der Waals surface area contributed by atoms with Crippen molar-refractivity contribution in [2.24, 2.45) is 0 Å². The molecule has 1 amide bonds. The lowest BCUT2D eigenvalue weighted by Gasteiger charge is -2.29. The lowest BCUT2D eigenvalue weighted by molar-refractivity contribution is -0.137. The van der Waals surface area contributed by atoms with Crippen molar-refractivity contribution in [2.45, 2.75) is 24.2 Å². The number of anilines is 2. The zero-order valence-corrected chi connectivity index (χ0v) is 18.6. The molecule has 0 saturated carbocycles. The summed E-state index contributed by atoms with van der Waals surface area (Å²) in [6.07, 6.45) is -5.62. The van der Waals surface area contributed by atoms with Crippen LogP contribution >= 0.6 is 0 Å². The predicted molar refractivity (Wildman–Crippen MR) is 120 cm³/mol. The van der Waals surface area contributed by atoms with Gasteiger partial charge in [-0.2, -0.15) is 17.9 Å². The molecule has 3 N–H and O–H groups in total. The molecule has 178 valence electrons. The van der Waals surface area contributed by atoms with Gasteiger partial charge in [-0.05, 0) is 67.1 Å². The number of fused-ring (bicyclic) bond motifs is 1. The quantitative estimate of drug-likeness (QED) is 0.478. The monoisotopic (exact) mass is 491 g/mol. The molecule has 0 saturated heterocycles. The Morgan fingerprint density at radius 1 is 1.03 bits per heavy atom. The van der Waals surface area contributed by atoms with E-state index >= 15 is 0 Å². The van der Waals surface area contributed by atoms with Gasteiger partial charge in [0.15, 0.2) is 0 Å². The Hall–Kier alpha value is -3.57. The molecule has 7 nitrogen and oxygen atoms in total. The van der Waals surface area contributed by atoms with Crippen LogP contribution in [0.4, 0.5) is 24.5 Å². The van der Waals surface area contributed by atoms with Crippen molar-refractivity contribution in [2.75, 3.05) is 17.2 Å². The van der Waals surface area contributed by atoms with Crippen molar-refractivity contribution in [3.8, 4) is 5.75 Å². The van der Waals surface area contributed by atoms with E-state index < -0.39 is 27.9 Å². The van der Waals surface area contributed by atoms with Crippen LogP contribution in [0.1, 0.15) is 34.6 Å². The second kappa shape index (κ2) is 8.99. The number of carbonyl (C=O) groups excluding carboxylic acids is 1. The molecule has 0 fully saturated rings. The van der Waals surface area contributed by atoms with Crippen LogP contribution in [-0.2, 0) is 16.2 Å². The van der Waals surface area contributed by atoms with E-state index in [2.05, 4.69) is 15.4 Å². The predicted octanol–water partition coefficient (Wildman–Crippen LogP) is 4.76. The molecule has 1 atom stereocenters. The number of halogens is 3. The van der Waals surface area contributed by atoms with Crippen LogP contribution in [0.2, 0.25) is 0 Å². The Balaban J connectivity index is 1.51. The molecule has 1 aliphatic heterocycles. The first kappa shape index (κ1) is 23.6. The van der Waals surface area contributed by atoms with Gasteiger partial charge in [0.2, 0.25) is 10.0 Å². The Morgan fingerprint density at radius 2 is 1.71 bits per heavy atom. The molecule has 0 aliphatic carbocycles. The Bertz CT molecular complexity index is 1310. The largest absolute Gasteiger partial charge is 0.494 e. The van der Waals surface area contributed by atoms with Gasteiger partial charge in [-0.1, -0.05) is 12.1 Å². The molecule has 0 unspecified atom stereocenters. The molecule has 3 aromatic rings. The van der Waals surface area contributed by atoms with Gasteiger partial charge in [-0.25, -0.2) is 8.42 Å². The summed E-state index contributed by atoms with van der Waals surface area (Å²) in [7, 11) is -4.05. The van der Waals surface area contributed by atoms with Crippen molar-refractivity contribution in [3.63, 3.8) is 0 Å². The third-order valence-electron chi connectivity index (χ3n) is 5.10. The highest BCUT2D eigenvalue weighted by atomic mass is 32.2. The van der Waals surface area contributed by atoms with Crippen LogP contribution in [-0.4, -0.2) is 20.9 Å². The standard InChI is InChI=1S/C23H20F3N3O4S/c1-2-33-18-10-8-17(9-11-18)27-22(30)15-5-3-14(4-6-15)21-28-19-13-16(23(24,25)26)7-12-20(19)34(31,32)29-21/h3-13,21,28-29H,2H2,1H3,(H,27,30)/t21-/m1/s1. The summed E-state index contributed by atoms with van der Waals surface area (Å²) in [5.74, 6) is 0.296. The summed E-state index contributed by atoms with van der Waals surface area (Å²) >= 11 is 0. The minimum absolute atomic E-state index is 0.157. The fourth-order valence-electron chi connectivity index (χ4n) is 3.44. The lowest BCUT2D eigenvalue weighted by atomic mass is 10.1. The van der Waals surface area contributed by atoms with Crippen LogP contribution < -0.4 is 20.1 Å². The number of carbonyl (C=O) groups is 1. The summed E-state index contributed by atoms with van der Waals surface area (Å²) in [4.78, 5) is 12.3. The number of ether oxygens (including phenoxy) is 1. The first-order valence-electron chi connectivity index (χ1n) is 10.2. The van der Waals surface area contributed by atoms with Gasteiger partial charge in [0.1, 0.15) is 16.8 Å². The highest BCUT2D eigenvalue weighted by molar-refractivity contribution is 7.89. The molecule has 1 aliphatic rings. The van der Waals surface area contributed by atoms with Crippen molar-refractivity contribution < 1.29 is 31.1 Å². The summed E-state index contributed by atoms with van der Waals surface area (Å²) in [6.45, 7) is 2.39. The van der Waals surface area contributed by atoms with Gasteiger partial charge in [0, 0.05) is 11.3 Å². The molecule has 0 radical (unpaired) electrons. The maximum Gasteiger partial charge on any atom is 0.416 e. The Labute approximate surface area is 194 Å². The highest BCUT2D eigenvalue weighted by Crippen LogP contribution is 2.37. The lowest BCUT2D eigenvalue weighted by Crippen LogP contribution is -2.38. The maximum atomic E-state index is 13.1. The molecular weight excluding hydrogens is 471 g/mol. The van der Waals surface area contributed by atoms with Crippen molar-refractivity contribution >= 4 is 27.3 Å². The van der Waals surface area contributed by atoms with Crippen molar-refractivity contribution in [3.05, 3.63) is 83.4 Å². The average molecular weight is 491 g/mol. The Morgan fingerprint density at radius 3 is 2.32 bits per heavy atom. The number of nitrogens with one attached hydrogen (secondary N) is 3. The Kier molecular flexibility index (Phi) is 6.24. The number of hydrogen-bond donors (Lipinski definition) is 3. The smallest absolute Gasteiger partial charge is 0.416 e. The van der Waals surface area contributed by atoms with Gasteiger partial charge in [0.25, 0.3) is 5.91 Å². The van der Waals surface area contributed by atoms with E-state index in [1.807, 2.05) is 6.92 Å². The van der Waals surface area contributed by atoms with Crippen LogP contribution in [0.25, 0.3) is 0 Å². The fraction of sp³-hybridized carbons (Fsp3) is 0.174. The zero-order valence-electron chi connectivity index (χ0n) is 17.8. The van der Waals surface area contributed by atoms with E-state index in [1.165, 1.54) is 24.3 Å². The number of sulfonamides is 1. The van der Waals surface area contributed by atoms with Crippen molar-refractivity contribution in [1.29, 1.82) is 0 Å².